The van der Waals surface area contributed by atoms with Crippen LogP contribution in [0.5, 0.6) is 0 Å². The molecule has 0 spiro atoms. The van der Waals surface area contributed by atoms with Gasteiger partial charge in [0.1, 0.15) is 0 Å². The number of aryl methyl sites for hydroxylation is 1. The van der Waals surface area contributed by atoms with Crippen LogP contribution in [0.15, 0.2) is 12.1 Å². The molecule has 1 rings (SSSR count). The maximum atomic E-state index is 11.1. The minimum Gasteiger partial charge on any atom is -0.478 e. The topological polar surface area (TPSA) is 78.6 Å². The van der Waals surface area contributed by atoms with E-state index in [1.54, 1.807) is 6.07 Å². The SMILES string of the molecule is CCN(CC)CCCNc1cc(C)c(N)c(C(=O)O)c1. The largest absolute Gasteiger partial charge is 0.478 e. The number of nitrogens with one attached hydrogen (secondary N) is 1. The number of hydrogen-bond acceptors (Lipinski definition) is 4. The molecule has 1 aromatic carbocycles. The minimum atomic E-state index is -0.989. The highest BCUT2D eigenvalue weighted by Crippen LogP contribution is 2.22. The number of nitrogens with zero attached hydrogens (tertiary/aromatic N) is 1. The van der Waals surface area contributed by atoms with Crippen LogP contribution >= 0.6 is 0 Å². The van der Waals surface area contributed by atoms with Gasteiger partial charge in [0.2, 0.25) is 0 Å². The van der Waals surface area contributed by atoms with E-state index in [4.69, 9.17) is 10.8 Å². The second-order valence-corrected chi connectivity index (χ2v) is 4.87. The Kier molecular flexibility index (Phi) is 6.31. The summed E-state index contributed by atoms with van der Waals surface area (Å²) in [4.78, 5) is 13.5. The highest BCUT2D eigenvalue weighted by molar-refractivity contribution is 5.95. The number of hydrogen-bond donors (Lipinski definition) is 3. The molecule has 20 heavy (non-hydrogen) atoms. The lowest BCUT2D eigenvalue weighted by atomic mass is 10.1. The Bertz CT molecular complexity index is 457. The summed E-state index contributed by atoms with van der Waals surface area (Å²) in [6.45, 7) is 10.1. The number of nitrogen functional groups attached to an aromatic ring is 1. The lowest BCUT2D eigenvalue weighted by Crippen LogP contribution is -2.25. The summed E-state index contributed by atoms with van der Waals surface area (Å²) in [5, 5.41) is 12.4. The molecule has 5 heteroatoms. The summed E-state index contributed by atoms with van der Waals surface area (Å²) >= 11 is 0. The van der Waals surface area contributed by atoms with Crippen molar-refractivity contribution in [1.29, 1.82) is 0 Å². The molecule has 0 saturated heterocycles. The Morgan fingerprint density at radius 1 is 1.35 bits per heavy atom. The fourth-order valence-corrected chi connectivity index (χ4v) is 2.15. The molecule has 0 fully saturated rings. The Morgan fingerprint density at radius 2 is 2.00 bits per heavy atom. The van der Waals surface area contributed by atoms with Crippen LogP contribution < -0.4 is 11.1 Å². The molecule has 0 aromatic heterocycles. The smallest absolute Gasteiger partial charge is 0.337 e. The molecule has 4 N–H and O–H groups in total. The molecule has 0 saturated carbocycles. The summed E-state index contributed by atoms with van der Waals surface area (Å²) in [7, 11) is 0. The van der Waals surface area contributed by atoms with Crippen LogP contribution in [0.4, 0.5) is 11.4 Å². The van der Waals surface area contributed by atoms with E-state index in [2.05, 4.69) is 24.1 Å². The second-order valence-electron chi connectivity index (χ2n) is 4.87. The van der Waals surface area contributed by atoms with E-state index in [9.17, 15) is 4.79 Å². The van der Waals surface area contributed by atoms with Gasteiger partial charge in [-0.25, -0.2) is 4.79 Å². The van der Waals surface area contributed by atoms with E-state index in [0.29, 0.717) is 5.69 Å². The highest BCUT2D eigenvalue weighted by Gasteiger charge is 2.11. The Hall–Kier alpha value is -1.75. The fraction of sp³-hybridized carbons (Fsp3) is 0.533. The molecule has 1 aromatic rings. The maximum Gasteiger partial charge on any atom is 0.337 e. The third-order valence-electron chi connectivity index (χ3n) is 3.49. The van der Waals surface area contributed by atoms with Gasteiger partial charge in [0.25, 0.3) is 0 Å². The van der Waals surface area contributed by atoms with Crippen LogP contribution in [-0.2, 0) is 0 Å². The summed E-state index contributed by atoms with van der Waals surface area (Å²) in [6, 6.07) is 3.49. The molecular formula is C15H25N3O2. The first kappa shape index (κ1) is 16.3. The zero-order chi connectivity index (χ0) is 15.1. The average molecular weight is 279 g/mol. The molecule has 5 nitrogen and oxygen atoms in total. The lowest BCUT2D eigenvalue weighted by Gasteiger charge is -2.18. The predicted molar refractivity (Wildman–Crippen MR) is 83.4 cm³/mol. The summed E-state index contributed by atoms with van der Waals surface area (Å²) in [5.41, 5.74) is 7.87. The van der Waals surface area contributed by atoms with Gasteiger partial charge in [-0.1, -0.05) is 13.8 Å². The van der Waals surface area contributed by atoms with Gasteiger partial charge in [-0.05, 0) is 50.7 Å². The van der Waals surface area contributed by atoms with Crippen molar-refractivity contribution < 1.29 is 9.90 Å². The van der Waals surface area contributed by atoms with E-state index in [0.717, 1.165) is 43.9 Å². The number of carbonyl (C=O) groups is 1. The van der Waals surface area contributed by atoms with Gasteiger partial charge in [0, 0.05) is 17.9 Å². The first-order valence-corrected chi connectivity index (χ1v) is 7.09. The van der Waals surface area contributed by atoms with E-state index in [1.807, 2.05) is 13.0 Å². The Labute approximate surface area is 120 Å². The quantitative estimate of drug-likeness (QED) is 0.503. The first-order chi connectivity index (χ1) is 9.49. The zero-order valence-corrected chi connectivity index (χ0v) is 12.6. The molecule has 0 aliphatic carbocycles. The summed E-state index contributed by atoms with van der Waals surface area (Å²) in [5.74, 6) is -0.989. The van der Waals surface area contributed by atoms with Crippen LogP contribution in [0.25, 0.3) is 0 Å². The van der Waals surface area contributed by atoms with Crippen molar-refractivity contribution in [2.24, 2.45) is 0 Å². The third-order valence-corrected chi connectivity index (χ3v) is 3.49. The number of carboxylic acids is 1. The highest BCUT2D eigenvalue weighted by atomic mass is 16.4. The maximum absolute atomic E-state index is 11.1. The van der Waals surface area contributed by atoms with Gasteiger partial charge >= 0.3 is 5.97 Å². The number of rotatable bonds is 8. The van der Waals surface area contributed by atoms with Gasteiger partial charge in [0.05, 0.1) is 5.56 Å². The van der Waals surface area contributed by atoms with Gasteiger partial charge in [-0.3, -0.25) is 0 Å². The van der Waals surface area contributed by atoms with Crippen molar-refractivity contribution in [3.05, 3.63) is 23.3 Å². The standard InChI is InChI=1S/C15H25N3O2/c1-4-18(5-2)8-6-7-17-12-9-11(3)14(16)13(10-12)15(19)20/h9-10,17H,4-8,16H2,1-3H3,(H,19,20). The Balaban J connectivity index is 2.58. The van der Waals surface area contributed by atoms with Crippen LogP contribution in [0.2, 0.25) is 0 Å². The molecule has 0 aliphatic rings. The molecule has 0 atom stereocenters. The molecule has 0 unspecified atom stereocenters. The summed E-state index contributed by atoms with van der Waals surface area (Å²) < 4.78 is 0. The molecule has 0 bridgehead atoms. The van der Waals surface area contributed by atoms with Crippen LogP contribution in [-0.4, -0.2) is 42.2 Å². The third kappa shape index (κ3) is 4.42. The van der Waals surface area contributed by atoms with Crippen molar-refractivity contribution in [1.82, 2.24) is 4.90 Å². The Morgan fingerprint density at radius 3 is 2.55 bits per heavy atom. The monoisotopic (exact) mass is 279 g/mol. The lowest BCUT2D eigenvalue weighted by molar-refractivity contribution is 0.0698. The molecular weight excluding hydrogens is 254 g/mol. The molecule has 0 aliphatic heterocycles. The fourth-order valence-electron chi connectivity index (χ4n) is 2.15. The van der Waals surface area contributed by atoms with E-state index in [-0.39, 0.29) is 5.56 Å². The summed E-state index contributed by atoms with van der Waals surface area (Å²) in [6.07, 6.45) is 1.02. The molecule has 0 radical (unpaired) electrons. The van der Waals surface area contributed by atoms with Crippen molar-refractivity contribution in [2.45, 2.75) is 27.2 Å². The van der Waals surface area contributed by atoms with Crippen LogP contribution in [0.3, 0.4) is 0 Å². The van der Waals surface area contributed by atoms with Gasteiger partial charge in [-0.15, -0.1) is 0 Å². The van der Waals surface area contributed by atoms with E-state index < -0.39 is 5.97 Å². The molecule has 0 heterocycles. The number of nitrogens with two attached hydrogens (primary N) is 1. The zero-order valence-electron chi connectivity index (χ0n) is 12.6. The van der Waals surface area contributed by atoms with Crippen molar-refractivity contribution >= 4 is 17.3 Å². The van der Waals surface area contributed by atoms with Gasteiger partial charge in [-0.2, -0.15) is 0 Å². The van der Waals surface area contributed by atoms with Crippen LogP contribution in [0.1, 0.15) is 36.2 Å². The number of aromatic carboxylic acids is 1. The number of anilines is 2. The van der Waals surface area contributed by atoms with Gasteiger partial charge in [0.15, 0.2) is 0 Å². The number of carboxylic acid groups (broad SMARTS) is 1. The minimum absolute atomic E-state index is 0.163. The second kappa shape index (κ2) is 7.75. The van der Waals surface area contributed by atoms with E-state index in [1.165, 1.54) is 0 Å². The van der Waals surface area contributed by atoms with Crippen molar-refractivity contribution in [2.75, 3.05) is 37.2 Å². The van der Waals surface area contributed by atoms with Crippen LogP contribution in [0, 0.1) is 6.92 Å². The molecule has 0 amide bonds. The van der Waals surface area contributed by atoms with E-state index >= 15 is 0 Å². The first-order valence-electron chi connectivity index (χ1n) is 7.09. The molecule has 112 valence electrons. The normalized spacial score (nSPS) is 10.8. The van der Waals surface area contributed by atoms with Crippen molar-refractivity contribution in [3.8, 4) is 0 Å². The van der Waals surface area contributed by atoms with Gasteiger partial charge < -0.3 is 21.1 Å². The average Bonchev–Trinajstić information content (AvgIpc) is 2.42. The van der Waals surface area contributed by atoms with Crippen molar-refractivity contribution in [3.63, 3.8) is 0 Å². The number of benzene rings is 1. The predicted octanol–water partition coefficient (Wildman–Crippen LogP) is 2.42.